The molecule has 2 aromatic rings. The van der Waals surface area contributed by atoms with Gasteiger partial charge in [-0.25, -0.2) is 9.97 Å². The summed E-state index contributed by atoms with van der Waals surface area (Å²) in [4.78, 5) is 21.3. The highest BCUT2D eigenvalue weighted by Gasteiger charge is 2.12. The van der Waals surface area contributed by atoms with Gasteiger partial charge in [0.2, 0.25) is 0 Å². The number of aldehydes is 1. The smallest absolute Gasteiger partial charge is 0.147 e. The van der Waals surface area contributed by atoms with Crippen LogP contribution in [0.2, 0.25) is 5.15 Å². The van der Waals surface area contributed by atoms with Crippen molar-refractivity contribution in [2.24, 2.45) is 0 Å². The van der Waals surface area contributed by atoms with Crippen molar-refractivity contribution in [3.8, 4) is 6.07 Å². The number of nitrogens with zero attached hydrogens (tertiary/aromatic N) is 5. The van der Waals surface area contributed by atoms with E-state index in [0.717, 1.165) is 17.4 Å². The van der Waals surface area contributed by atoms with Crippen LogP contribution in [0.5, 0.6) is 0 Å². The standard InChI is InChI=1S/C18H18ClN5O/c1-13(12-25)6-15(10-23(2)3)18-22-17(19)11-24(18)9-14-4-5-16(7-20)21-8-14/h4-6,8,10-12H,9H2,1-3H3/b13-6-,15-10+. The van der Waals surface area contributed by atoms with Crippen molar-refractivity contribution >= 4 is 23.5 Å². The number of allylic oxidation sites excluding steroid dienone is 3. The first-order valence-electron chi connectivity index (χ1n) is 7.52. The lowest BCUT2D eigenvalue weighted by molar-refractivity contribution is -0.104. The van der Waals surface area contributed by atoms with E-state index in [2.05, 4.69) is 9.97 Å². The second kappa shape index (κ2) is 8.27. The Balaban J connectivity index is 2.43. The van der Waals surface area contributed by atoms with Crippen LogP contribution in [0, 0.1) is 11.3 Å². The van der Waals surface area contributed by atoms with Gasteiger partial charge in [-0.2, -0.15) is 5.26 Å². The second-order valence-electron chi connectivity index (χ2n) is 5.73. The van der Waals surface area contributed by atoms with Crippen LogP contribution in [0.4, 0.5) is 0 Å². The molecule has 0 spiro atoms. The van der Waals surface area contributed by atoms with Crippen molar-refractivity contribution in [3.63, 3.8) is 0 Å². The molecule has 0 unspecified atom stereocenters. The second-order valence-corrected chi connectivity index (χ2v) is 6.12. The number of rotatable bonds is 6. The Hall–Kier alpha value is -2.91. The molecular weight excluding hydrogens is 338 g/mol. The molecular formula is C18H18ClN5O. The molecule has 0 saturated carbocycles. The minimum atomic E-state index is 0.360. The normalized spacial score (nSPS) is 12.0. The van der Waals surface area contributed by atoms with Gasteiger partial charge in [0, 0.05) is 38.3 Å². The summed E-state index contributed by atoms with van der Waals surface area (Å²) in [6, 6.07) is 5.50. The van der Waals surface area contributed by atoms with E-state index in [1.54, 1.807) is 31.5 Å². The third-order valence-corrected chi connectivity index (χ3v) is 3.45. The molecule has 0 bridgehead atoms. The molecule has 0 atom stereocenters. The number of hydrogen-bond donors (Lipinski definition) is 0. The fraction of sp³-hybridized carbons (Fsp3) is 0.222. The van der Waals surface area contributed by atoms with Gasteiger partial charge in [0.05, 0.1) is 6.54 Å². The van der Waals surface area contributed by atoms with E-state index >= 15 is 0 Å². The Kier molecular flexibility index (Phi) is 6.09. The third-order valence-electron chi connectivity index (χ3n) is 3.26. The summed E-state index contributed by atoms with van der Waals surface area (Å²) >= 11 is 6.11. The van der Waals surface area contributed by atoms with E-state index < -0.39 is 0 Å². The van der Waals surface area contributed by atoms with E-state index in [1.165, 1.54) is 0 Å². The van der Waals surface area contributed by atoms with Crippen LogP contribution in [0.3, 0.4) is 0 Å². The van der Waals surface area contributed by atoms with Crippen LogP contribution >= 0.6 is 11.6 Å². The summed E-state index contributed by atoms with van der Waals surface area (Å²) < 4.78 is 1.88. The lowest BCUT2D eigenvalue weighted by atomic mass is 10.1. The summed E-state index contributed by atoms with van der Waals surface area (Å²) in [5.41, 5.74) is 2.63. The maximum atomic E-state index is 11.0. The molecule has 0 aliphatic heterocycles. The summed E-state index contributed by atoms with van der Waals surface area (Å²) in [6.45, 7) is 2.22. The minimum Gasteiger partial charge on any atom is -0.383 e. The molecule has 0 fully saturated rings. The van der Waals surface area contributed by atoms with E-state index in [9.17, 15) is 4.79 Å². The SMILES string of the molecule is C/C(C=O)=C/C(=C\N(C)C)c1nc(Cl)cn1Cc1ccc(C#N)nc1. The van der Waals surface area contributed by atoms with Crippen LogP contribution < -0.4 is 0 Å². The molecule has 0 amide bonds. The Labute approximate surface area is 151 Å². The van der Waals surface area contributed by atoms with Gasteiger partial charge in [0.15, 0.2) is 0 Å². The summed E-state index contributed by atoms with van der Waals surface area (Å²) in [5.74, 6) is 0.643. The van der Waals surface area contributed by atoms with E-state index in [4.69, 9.17) is 16.9 Å². The monoisotopic (exact) mass is 355 g/mol. The molecule has 7 heteroatoms. The zero-order valence-corrected chi connectivity index (χ0v) is 15.0. The first-order chi connectivity index (χ1) is 11.9. The lowest BCUT2D eigenvalue weighted by Gasteiger charge is -2.12. The summed E-state index contributed by atoms with van der Waals surface area (Å²) in [5, 5.41) is 9.20. The number of carbonyl (C=O) groups excluding carboxylic acids is 1. The Morgan fingerprint density at radius 2 is 2.20 bits per heavy atom. The van der Waals surface area contributed by atoms with Crippen molar-refractivity contribution in [2.45, 2.75) is 13.5 Å². The number of imidazole rings is 1. The van der Waals surface area contributed by atoms with Crippen molar-refractivity contribution in [1.82, 2.24) is 19.4 Å². The zero-order chi connectivity index (χ0) is 18.4. The minimum absolute atomic E-state index is 0.360. The van der Waals surface area contributed by atoms with Crippen molar-refractivity contribution < 1.29 is 4.79 Å². The summed E-state index contributed by atoms with van der Waals surface area (Å²) in [6.07, 6.45) is 7.81. The van der Waals surface area contributed by atoms with Crippen LogP contribution in [-0.2, 0) is 11.3 Å². The van der Waals surface area contributed by atoms with Gasteiger partial charge >= 0.3 is 0 Å². The Morgan fingerprint density at radius 1 is 1.44 bits per heavy atom. The molecule has 0 aliphatic rings. The average Bonchev–Trinajstić information content (AvgIpc) is 2.94. The average molecular weight is 356 g/mol. The van der Waals surface area contributed by atoms with Gasteiger partial charge in [0.25, 0.3) is 0 Å². The van der Waals surface area contributed by atoms with Gasteiger partial charge in [-0.1, -0.05) is 17.7 Å². The maximum Gasteiger partial charge on any atom is 0.147 e. The van der Waals surface area contributed by atoms with Crippen LogP contribution in [0.15, 0.2) is 42.4 Å². The number of halogens is 1. The Morgan fingerprint density at radius 3 is 2.76 bits per heavy atom. The molecule has 2 rings (SSSR count). The molecule has 0 aromatic carbocycles. The number of hydrogen-bond acceptors (Lipinski definition) is 5. The number of nitriles is 1. The van der Waals surface area contributed by atoms with E-state index in [1.807, 2.05) is 41.9 Å². The maximum absolute atomic E-state index is 11.0. The van der Waals surface area contributed by atoms with Gasteiger partial charge < -0.3 is 9.47 Å². The molecule has 0 aliphatic carbocycles. The topological polar surface area (TPSA) is 74.8 Å². The fourth-order valence-corrected chi connectivity index (χ4v) is 2.43. The van der Waals surface area contributed by atoms with Gasteiger partial charge in [0.1, 0.15) is 29.0 Å². The van der Waals surface area contributed by atoms with Gasteiger partial charge in [-0.15, -0.1) is 0 Å². The van der Waals surface area contributed by atoms with Crippen molar-refractivity contribution in [3.05, 3.63) is 64.6 Å². The fourth-order valence-electron chi connectivity index (χ4n) is 2.23. The largest absolute Gasteiger partial charge is 0.383 e. The third kappa shape index (κ3) is 5.03. The first kappa shape index (κ1) is 18.4. The highest BCUT2D eigenvalue weighted by Crippen LogP contribution is 2.21. The summed E-state index contributed by atoms with van der Waals surface area (Å²) in [7, 11) is 3.78. The molecule has 6 nitrogen and oxygen atoms in total. The number of aromatic nitrogens is 3. The predicted octanol–water partition coefficient (Wildman–Crippen LogP) is 2.90. The number of pyridine rings is 1. The lowest BCUT2D eigenvalue weighted by Crippen LogP contribution is -2.08. The van der Waals surface area contributed by atoms with Gasteiger partial charge in [-0.05, 0) is 30.2 Å². The highest BCUT2D eigenvalue weighted by atomic mass is 35.5. The Bertz CT molecular complexity index is 857. The van der Waals surface area contributed by atoms with Crippen LogP contribution in [0.1, 0.15) is 24.0 Å². The quantitative estimate of drug-likeness (QED) is 0.452. The molecule has 2 aromatic heterocycles. The molecule has 2 heterocycles. The van der Waals surface area contributed by atoms with E-state index in [-0.39, 0.29) is 0 Å². The predicted molar refractivity (Wildman–Crippen MR) is 96.8 cm³/mol. The van der Waals surface area contributed by atoms with Crippen molar-refractivity contribution in [2.75, 3.05) is 14.1 Å². The van der Waals surface area contributed by atoms with Crippen molar-refractivity contribution in [1.29, 1.82) is 5.26 Å². The van der Waals surface area contributed by atoms with Crippen LogP contribution in [0.25, 0.3) is 5.57 Å². The number of carbonyl (C=O) groups is 1. The molecule has 128 valence electrons. The zero-order valence-electron chi connectivity index (χ0n) is 14.3. The van der Waals surface area contributed by atoms with E-state index in [0.29, 0.717) is 28.8 Å². The molecule has 0 radical (unpaired) electrons. The van der Waals surface area contributed by atoms with Crippen LogP contribution in [-0.4, -0.2) is 39.8 Å². The first-order valence-corrected chi connectivity index (χ1v) is 7.90. The van der Waals surface area contributed by atoms with Gasteiger partial charge in [-0.3, -0.25) is 4.79 Å². The highest BCUT2D eigenvalue weighted by molar-refractivity contribution is 6.29. The molecule has 0 N–H and O–H groups in total. The molecule has 25 heavy (non-hydrogen) atoms. The molecule has 0 saturated heterocycles.